The number of carbonyl (C=O) groups is 1. The number of benzene rings is 1. The standard InChI is InChI=1S/C14H19FN2O3S/c1-2-9-21(19,20)16-14(18)11-5-6-13(12(15)10-11)17-7-3-4-8-17/h5-6,10H,2-4,7-9H2,1H3,(H,16,18). The number of nitrogens with one attached hydrogen (secondary N) is 1. The van der Waals surface area contributed by atoms with Gasteiger partial charge in [0, 0.05) is 18.7 Å². The zero-order valence-corrected chi connectivity index (χ0v) is 12.7. The molecule has 0 aromatic heterocycles. The SMILES string of the molecule is CCCS(=O)(=O)NC(=O)c1ccc(N2CCCC2)c(F)c1. The van der Waals surface area contributed by atoms with Crippen molar-refractivity contribution in [3.8, 4) is 0 Å². The molecule has 1 fully saturated rings. The highest BCUT2D eigenvalue weighted by Gasteiger charge is 2.19. The molecule has 5 nitrogen and oxygen atoms in total. The van der Waals surface area contributed by atoms with Crippen molar-refractivity contribution >= 4 is 21.6 Å². The van der Waals surface area contributed by atoms with E-state index in [-0.39, 0.29) is 11.3 Å². The van der Waals surface area contributed by atoms with Crippen LogP contribution >= 0.6 is 0 Å². The summed E-state index contributed by atoms with van der Waals surface area (Å²) < 4.78 is 39.1. The van der Waals surface area contributed by atoms with Gasteiger partial charge in [-0.2, -0.15) is 0 Å². The van der Waals surface area contributed by atoms with Crippen LogP contribution < -0.4 is 9.62 Å². The molecule has 1 aliphatic heterocycles. The molecule has 0 unspecified atom stereocenters. The van der Waals surface area contributed by atoms with Gasteiger partial charge >= 0.3 is 0 Å². The fourth-order valence-corrected chi connectivity index (χ4v) is 3.42. The number of halogens is 1. The number of carbonyl (C=O) groups excluding carboxylic acids is 1. The number of amides is 1. The summed E-state index contributed by atoms with van der Waals surface area (Å²) in [7, 11) is -3.65. The van der Waals surface area contributed by atoms with Crippen molar-refractivity contribution in [1.82, 2.24) is 4.72 Å². The van der Waals surface area contributed by atoms with Crippen LogP contribution in [0.15, 0.2) is 18.2 Å². The lowest BCUT2D eigenvalue weighted by atomic mass is 10.2. The molecule has 0 radical (unpaired) electrons. The molecular formula is C14H19FN2O3S. The molecule has 21 heavy (non-hydrogen) atoms. The molecule has 1 aromatic carbocycles. The molecule has 116 valence electrons. The molecule has 2 rings (SSSR count). The molecule has 1 heterocycles. The first-order chi connectivity index (χ1) is 9.93. The lowest BCUT2D eigenvalue weighted by Gasteiger charge is -2.18. The predicted molar refractivity (Wildman–Crippen MR) is 79.4 cm³/mol. The van der Waals surface area contributed by atoms with E-state index in [4.69, 9.17) is 0 Å². The van der Waals surface area contributed by atoms with Crippen LogP contribution in [0.4, 0.5) is 10.1 Å². The molecule has 1 aliphatic rings. The van der Waals surface area contributed by atoms with Crippen LogP contribution in [0.5, 0.6) is 0 Å². The molecule has 0 spiro atoms. The van der Waals surface area contributed by atoms with E-state index in [2.05, 4.69) is 0 Å². The monoisotopic (exact) mass is 314 g/mol. The van der Waals surface area contributed by atoms with Gasteiger partial charge in [-0.3, -0.25) is 4.79 Å². The molecular weight excluding hydrogens is 295 g/mol. The van der Waals surface area contributed by atoms with Gasteiger partial charge in [-0.25, -0.2) is 17.5 Å². The molecule has 1 N–H and O–H groups in total. The first-order valence-corrected chi connectivity index (χ1v) is 8.67. The van der Waals surface area contributed by atoms with Gasteiger partial charge in [0.1, 0.15) is 5.82 Å². The molecule has 1 amide bonds. The summed E-state index contributed by atoms with van der Waals surface area (Å²) in [5, 5.41) is 0. The fourth-order valence-electron chi connectivity index (χ4n) is 2.38. The van der Waals surface area contributed by atoms with E-state index in [1.807, 2.05) is 9.62 Å². The average molecular weight is 314 g/mol. The Morgan fingerprint density at radius 1 is 1.33 bits per heavy atom. The van der Waals surface area contributed by atoms with Gasteiger partial charge in [0.25, 0.3) is 5.91 Å². The normalized spacial score (nSPS) is 15.2. The lowest BCUT2D eigenvalue weighted by molar-refractivity contribution is 0.0981. The van der Waals surface area contributed by atoms with Gasteiger partial charge in [-0.05, 0) is 37.5 Å². The van der Waals surface area contributed by atoms with Crippen molar-refractivity contribution in [3.63, 3.8) is 0 Å². The van der Waals surface area contributed by atoms with E-state index in [0.717, 1.165) is 32.0 Å². The molecule has 1 saturated heterocycles. The number of rotatable bonds is 5. The number of hydrogen-bond acceptors (Lipinski definition) is 4. The first-order valence-electron chi connectivity index (χ1n) is 7.02. The highest BCUT2D eigenvalue weighted by molar-refractivity contribution is 7.90. The van der Waals surface area contributed by atoms with Gasteiger partial charge < -0.3 is 4.90 Å². The Kier molecular flexibility index (Phi) is 4.82. The number of sulfonamides is 1. The van der Waals surface area contributed by atoms with Crippen LogP contribution in [0, 0.1) is 5.82 Å². The zero-order valence-electron chi connectivity index (χ0n) is 11.9. The van der Waals surface area contributed by atoms with E-state index in [9.17, 15) is 17.6 Å². The smallest absolute Gasteiger partial charge is 0.264 e. The summed E-state index contributed by atoms with van der Waals surface area (Å²) in [6.45, 7) is 3.30. The third kappa shape index (κ3) is 3.93. The number of hydrogen-bond donors (Lipinski definition) is 1. The Morgan fingerprint density at radius 2 is 2.00 bits per heavy atom. The van der Waals surface area contributed by atoms with Gasteiger partial charge in [0.05, 0.1) is 11.4 Å². The maximum atomic E-state index is 14.1. The zero-order chi connectivity index (χ0) is 15.5. The quantitative estimate of drug-likeness (QED) is 0.901. The third-order valence-electron chi connectivity index (χ3n) is 3.38. The highest BCUT2D eigenvalue weighted by atomic mass is 32.2. The minimum Gasteiger partial charge on any atom is -0.369 e. The van der Waals surface area contributed by atoms with E-state index in [1.54, 1.807) is 6.92 Å². The Morgan fingerprint density at radius 3 is 2.57 bits per heavy atom. The topological polar surface area (TPSA) is 66.5 Å². The van der Waals surface area contributed by atoms with Crippen LogP contribution in [0.3, 0.4) is 0 Å². The van der Waals surface area contributed by atoms with Gasteiger partial charge in [0.2, 0.25) is 10.0 Å². The summed E-state index contributed by atoms with van der Waals surface area (Å²) in [5.74, 6) is -1.43. The Bertz CT molecular complexity index is 625. The summed E-state index contributed by atoms with van der Waals surface area (Å²) >= 11 is 0. The van der Waals surface area contributed by atoms with Crippen molar-refractivity contribution < 1.29 is 17.6 Å². The minimum atomic E-state index is -3.65. The molecule has 0 bridgehead atoms. The van der Waals surface area contributed by atoms with Crippen molar-refractivity contribution in [3.05, 3.63) is 29.6 Å². The van der Waals surface area contributed by atoms with E-state index in [0.29, 0.717) is 12.1 Å². The van der Waals surface area contributed by atoms with Crippen molar-refractivity contribution in [2.45, 2.75) is 26.2 Å². The second kappa shape index (κ2) is 6.43. The largest absolute Gasteiger partial charge is 0.369 e. The second-order valence-electron chi connectivity index (χ2n) is 5.11. The second-order valence-corrected chi connectivity index (χ2v) is 6.95. The Hall–Kier alpha value is -1.63. The summed E-state index contributed by atoms with van der Waals surface area (Å²) in [5.41, 5.74) is 0.468. The van der Waals surface area contributed by atoms with Crippen molar-refractivity contribution in [1.29, 1.82) is 0 Å². The highest BCUT2D eigenvalue weighted by Crippen LogP contribution is 2.24. The minimum absolute atomic E-state index is 0.00937. The van der Waals surface area contributed by atoms with Gasteiger partial charge in [0.15, 0.2) is 0 Å². The van der Waals surface area contributed by atoms with Crippen LogP contribution in [-0.2, 0) is 10.0 Å². The number of anilines is 1. The molecule has 0 atom stereocenters. The molecule has 7 heteroatoms. The molecule has 1 aromatic rings. The summed E-state index contributed by atoms with van der Waals surface area (Å²) in [4.78, 5) is 13.8. The maximum Gasteiger partial charge on any atom is 0.264 e. The van der Waals surface area contributed by atoms with Crippen LogP contribution in [-0.4, -0.2) is 33.2 Å². The fraction of sp³-hybridized carbons (Fsp3) is 0.500. The maximum absolute atomic E-state index is 14.1. The van der Waals surface area contributed by atoms with Gasteiger partial charge in [-0.15, -0.1) is 0 Å². The van der Waals surface area contributed by atoms with Crippen LogP contribution in [0.25, 0.3) is 0 Å². The first kappa shape index (κ1) is 15.8. The molecule has 0 aliphatic carbocycles. The van der Waals surface area contributed by atoms with E-state index in [1.165, 1.54) is 12.1 Å². The average Bonchev–Trinajstić information content (AvgIpc) is 2.91. The molecule has 0 saturated carbocycles. The van der Waals surface area contributed by atoms with E-state index < -0.39 is 21.7 Å². The van der Waals surface area contributed by atoms with Crippen LogP contribution in [0.2, 0.25) is 0 Å². The Labute approximate surface area is 124 Å². The van der Waals surface area contributed by atoms with E-state index >= 15 is 0 Å². The summed E-state index contributed by atoms with van der Waals surface area (Å²) in [6.07, 6.45) is 2.46. The van der Waals surface area contributed by atoms with Crippen LogP contribution in [0.1, 0.15) is 36.5 Å². The predicted octanol–water partition coefficient (Wildman–Crippen LogP) is 1.90. The van der Waals surface area contributed by atoms with Gasteiger partial charge in [-0.1, -0.05) is 6.92 Å². The third-order valence-corrected chi connectivity index (χ3v) is 4.82. The van der Waals surface area contributed by atoms with Crippen molar-refractivity contribution in [2.24, 2.45) is 0 Å². The number of nitrogens with zero attached hydrogens (tertiary/aromatic N) is 1. The lowest BCUT2D eigenvalue weighted by Crippen LogP contribution is -2.32. The van der Waals surface area contributed by atoms with Crippen molar-refractivity contribution in [2.75, 3.05) is 23.7 Å². The summed E-state index contributed by atoms with van der Waals surface area (Å²) in [6, 6.07) is 4.07. The Balaban J connectivity index is 2.14.